The summed E-state index contributed by atoms with van der Waals surface area (Å²) in [6.45, 7) is 0.729. The van der Waals surface area contributed by atoms with Crippen LogP contribution in [0.1, 0.15) is 5.56 Å². The molecule has 0 spiro atoms. The summed E-state index contributed by atoms with van der Waals surface area (Å²) in [5, 5.41) is 8.13. The van der Waals surface area contributed by atoms with Gasteiger partial charge >= 0.3 is 0 Å². The van der Waals surface area contributed by atoms with Crippen LogP contribution in [0.5, 0.6) is 0 Å². The summed E-state index contributed by atoms with van der Waals surface area (Å²) < 4.78 is 2.78. The molecule has 1 N–H and O–H groups in total. The van der Waals surface area contributed by atoms with Crippen LogP contribution in [0.3, 0.4) is 0 Å². The summed E-state index contributed by atoms with van der Waals surface area (Å²) in [5.74, 6) is 0. The predicted octanol–water partition coefficient (Wildman–Crippen LogP) is 3.45. The molecule has 0 saturated heterocycles. The zero-order chi connectivity index (χ0) is 11.5. The van der Waals surface area contributed by atoms with Crippen molar-refractivity contribution in [3.63, 3.8) is 0 Å². The van der Waals surface area contributed by atoms with E-state index in [9.17, 15) is 0 Å². The van der Waals surface area contributed by atoms with Crippen molar-refractivity contribution in [2.45, 2.75) is 6.54 Å². The fraction of sp³-hybridized carbons (Fsp3) is 0.182. The van der Waals surface area contributed by atoms with Gasteiger partial charge in [-0.25, -0.2) is 0 Å². The van der Waals surface area contributed by atoms with E-state index in [1.165, 1.54) is 0 Å². The third-order valence-corrected chi connectivity index (χ3v) is 3.10. The number of aryl methyl sites for hydroxylation is 1. The molecule has 0 aliphatic heterocycles. The van der Waals surface area contributed by atoms with Crippen molar-refractivity contribution in [1.82, 2.24) is 9.78 Å². The van der Waals surface area contributed by atoms with Gasteiger partial charge in [-0.2, -0.15) is 5.10 Å². The Hall–Kier alpha value is -1.00. The van der Waals surface area contributed by atoms with Gasteiger partial charge in [-0.1, -0.05) is 11.6 Å². The van der Waals surface area contributed by atoms with E-state index < -0.39 is 0 Å². The summed E-state index contributed by atoms with van der Waals surface area (Å²) in [4.78, 5) is 0. The number of hydrogen-bond acceptors (Lipinski definition) is 2. The SMILES string of the molecule is Cn1cc(CNc2cc(Cl)ccc2Br)cn1. The number of aromatic nitrogens is 2. The Bertz CT molecular complexity index is 496. The van der Waals surface area contributed by atoms with E-state index in [2.05, 4.69) is 26.3 Å². The Kier molecular flexibility index (Phi) is 3.51. The number of nitrogens with zero attached hydrogens (tertiary/aromatic N) is 2. The van der Waals surface area contributed by atoms with Crippen LogP contribution in [-0.2, 0) is 13.6 Å². The van der Waals surface area contributed by atoms with E-state index in [1.807, 2.05) is 37.6 Å². The molecule has 84 valence electrons. The van der Waals surface area contributed by atoms with Crippen molar-refractivity contribution in [2.24, 2.45) is 7.05 Å². The van der Waals surface area contributed by atoms with E-state index in [4.69, 9.17) is 11.6 Å². The first-order valence-corrected chi connectivity index (χ1v) is 5.99. The molecule has 3 nitrogen and oxygen atoms in total. The maximum atomic E-state index is 5.93. The summed E-state index contributed by atoms with van der Waals surface area (Å²) in [6, 6.07) is 5.66. The molecule has 2 aromatic rings. The molecule has 0 atom stereocenters. The molecule has 0 unspecified atom stereocenters. The Balaban J connectivity index is 2.07. The van der Waals surface area contributed by atoms with E-state index >= 15 is 0 Å². The molecular formula is C11H11BrClN3. The predicted molar refractivity (Wildman–Crippen MR) is 69.7 cm³/mol. The van der Waals surface area contributed by atoms with Gasteiger partial charge in [-0.3, -0.25) is 4.68 Å². The fourth-order valence-corrected chi connectivity index (χ4v) is 1.95. The number of nitrogens with one attached hydrogen (secondary N) is 1. The van der Waals surface area contributed by atoms with Crippen molar-refractivity contribution in [1.29, 1.82) is 0 Å². The van der Waals surface area contributed by atoms with Gasteiger partial charge in [0.2, 0.25) is 0 Å². The van der Waals surface area contributed by atoms with Crippen molar-refractivity contribution >= 4 is 33.2 Å². The number of benzene rings is 1. The first-order chi connectivity index (χ1) is 7.65. The molecule has 0 bridgehead atoms. The highest BCUT2D eigenvalue weighted by Gasteiger charge is 2.01. The van der Waals surface area contributed by atoms with Crippen LogP contribution in [0.2, 0.25) is 5.02 Å². The molecule has 0 saturated carbocycles. The number of halogens is 2. The molecule has 0 aliphatic rings. The molecule has 1 aromatic carbocycles. The largest absolute Gasteiger partial charge is 0.380 e. The Labute approximate surface area is 108 Å². The molecule has 0 fully saturated rings. The molecule has 0 amide bonds. The van der Waals surface area contributed by atoms with Gasteiger partial charge in [-0.15, -0.1) is 0 Å². The third-order valence-electron chi connectivity index (χ3n) is 2.17. The topological polar surface area (TPSA) is 29.9 Å². The second kappa shape index (κ2) is 4.89. The quantitative estimate of drug-likeness (QED) is 0.941. The fourth-order valence-electron chi connectivity index (χ4n) is 1.39. The van der Waals surface area contributed by atoms with Gasteiger partial charge in [0.25, 0.3) is 0 Å². The van der Waals surface area contributed by atoms with Crippen LogP contribution in [0, 0.1) is 0 Å². The smallest absolute Gasteiger partial charge is 0.0539 e. The zero-order valence-electron chi connectivity index (χ0n) is 8.74. The van der Waals surface area contributed by atoms with Gasteiger partial charge < -0.3 is 5.32 Å². The van der Waals surface area contributed by atoms with E-state index in [1.54, 1.807) is 4.68 Å². The van der Waals surface area contributed by atoms with E-state index in [0.717, 1.165) is 27.3 Å². The van der Waals surface area contributed by atoms with E-state index in [0.29, 0.717) is 0 Å². The second-order valence-corrected chi connectivity index (χ2v) is 4.79. The van der Waals surface area contributed by atoms with Crippen molar-refractivity contribution in [3.8, 4) is 0 Å². The minimum Gasteiger partial charge on any atom is -0.380 e. The average molecular weight is 301 g/mol. The van der Waals surface area contributed by atoms with Crippen molar-refractivity contribution < 1.29 is 0 Å². The molecule has 2 rings (SSSR count). The van der Waals surface area contributed by atoms with Crippen molar-refractivity contribution in [3.05, 3.63) is 45.7 Å². The molecular weight excluding hydrogens is 289 g/mol. The van der Waals surface area contributed by atoms with Crippen LogP contribution >= 0.6 is 27.5 Å². The van der Waals surface area contributed by atoms with Gasteiger partial charge in [-0.05, 0) is 34.1 Å². The molecule has 5 heteroatoms. The van der Waals surface area contributed by atoms with Crippen LogP contribution in [0.25, 0.3) is 0 Å². The Morgan fingerprint density at radius 2 is 2.31 bits per heavy atom. The molecule has 0 radical (unpaired) electrons. The number of anilines is 1. The lowest BCUT2D eigenvalue weighted by atomic mass is 10.3. The molecule has 1 heterocycles. The highest BCUT2D eigenvalue weighted by Crippen LogP contribution is 2.26. The minimum absolute atomic E-state index is 0.719. The van der Waals surface area contributed by atoms with Crippen LogP contribution in [0.4, 0.5) is 5.69 Å². The standard InChI is InChI=1S/C11H11BrClN3/c1-16-7-8(6-15-16)5-14-11-4-9(13)2-3-10(11)12/h2-4,6-7,14H,5H2,1H3. The third kappa shape index (κ3) is 2.77. The normalized spacial score (nSPS) is 10.4. The molecule has 16 heavy (non-hydrogen) atoms. The van der Waals surface area contributed by atoms with Gasteiger partial charge in [0, 0.05) is 34.8 Å². The van der Waals surface area contributed by atoms with Gasteiger partial charge in [0.05, 0.1) is 11.9 Å². The highest BCUT2D eigenvalue weighted by atomic mass is 79.9. The van der Waals surface area contributed by atoms with Gasteiger partial charge in [0.1, 0.15) is 0 Å². The van der Waals surface area contributed by atoms with Gasteiger partial charge in [0.15, 0.2) is 0 Å². The molecule has 1 aromatic heterocycles. The monoisotopic (exact) mass is 299 g/mol. The first-order valence-electron chi connectivity index (χ1n) is 4.81. The summed E-state index contributed by atoms with van der Waals surface area (Å²) >= 11 is 9.39. The van der Waals surface area contributed by atoms with Crippen LogP contribution in [0.15, 0.2) is 35.1 Å². The van der Waals surface area contributed by atoms with Crippen LogP contribution in [-0.4, -0.2) is 9.78 Å². The lowest BCUT2D eigenvalue weighted by Crippen LogP contribution is -1.99. The summed E-state index contributed by atoms with van der Waals surface area (Å²) in [6.07, 6.45) is 3.82. The Morgan fingerprint density at radius 1 is 1.50 bits per heavy atom. The lowest BCUT2D eigenvalue weighted by Gasteiger charge is -2.07. The maximum absolute atomic E-state index is 5.93. The minimum atomic E-state index is 0.719. The number of rotatable bonds is 3. The van der Waals surface area contributed by atoms with Crippen LogP contribution < -0.4 is 5.32 Å². The second-order valence-electron chi connectivity index (χ2n) is 3.50. The first kappa shape index (κ1) is 11.5. The Morgan fingerprint density at radius 3 is 3.00 bits per heavy atom. The maximum Gasteiger partial charge on any atom is 0.0539 e. The number of hydrogen-bond donors (Lipinski definition) is 1. The highest BCUT2D eigenvalue weighted by molar-refractivity contribution is 9.10. The van der Waals surface area contributed by atoms with E-state index in [-0.39, 0.29) is 0 Å². The lowest BCUT2D eigenvalue weighted by molar-refractivity contribution is 0.767. The zero-order valence-corrected chi connectivity index (χ0v) is 11.1. The van der Waals surface area contributed by atoms with Crippen molar-refractivity contribution in [2.75, 3.05) is 5.32 Å². The summed E-state index contributed by atoms with van der Waals surface area (Å²) in [7, 11) is 1.90. The summed E-state index contributed by atoms with van der Waals surface area (Å²) in [5.41, 5.74) is 2.12. The molecule has 0 aliphatic carbocycles. The average Bonchev–Trinajstić information content (AvgIpc) is 2.66.